The summed E-state index contributed by atoms with van der Waals surface area (Å²) in [5.41, 5.74) is -1.32. The predicted octanol–water partition coefficient (Wildman–Crippen LogP) is 1.57. The van der Waals surface area contributed by atoms with Gasteiger partial charge in [-0.15, -0.1) is 0 Å². The van der Waals surface area contributed by atoms with Gasteiger partial charge in [0.2, 0.25) is 0 Å². The zero-order valence-corrected chi connectivity index (χ0v) is 18.6. The summed E-state index contributed by atoms with van der Waals surface area (Å²) in [4.78, 5) is 18.6. The number of rotatable bonds is 8. The SMILES string of the molecule is CN=C(NCCOCCOC)NCC1C(C)OC(C)(C)N1C(=O)OC(C)(C)C. The molecule has 0 saturated carbocycles. The highest BCUT2D eigenvalue weighted by Crippen LogP contribution is 2.33. The number of guanidine groups is 1. The fourth-order valence-electron chi connectivity index (χ4n) is 3.03. The molecule has 1 fully saturated rings. The van der Waals surface area contributed by atoms with Crippen molar-refractivity contribution in [2.24, 2.45) is 4.99 Å². The lowest BCUT2D eigenvalue weighted by atomic mass is 10.1. The molecule has 2 N–H and O–H groups in total. The number of nitrogens with one attached hydrogen (secondary N) is 2. The van der Waals surface area contributed by atoms with Gasteiger partial charge < -0.3 is 29.6 Å². The molecule has 1 aliphatic heterocycles. The van der Waals surface area contributed by atoms with E-state index >= 15 is 0 Å². The van der Waals surface area contributed by atoms with Gasteiger partial charge in [0.05, 0.1) is 32.0 Å². The summed E-state index contributed by atoms with van der Waals surface area (Å²) in [7, 11) is 3.34. The molecule has 1 aliphatic rings. The molecule has 0 aliphatic carbocycles. The molecule has 0 aromatic rings. The lowest BCUT2D eigenvalue weighted by molar-refractivity contribution is -0.0755. The van der Waals surface area contributed by atoms with Gasteiger partial charge in [0.25, 0.3) is 0 Å². The lowest BCUT2D eigenvalue weighted by Crippen LogP contribution is -2.54. The van der Waals surface area contributed by atoms with Crippen LogP contribution in [0.5, 0.6) is 0 Å². The average molecular weight is 403 g/mol. The van der Waals surface area contributed by atoms with Crippen molar-refractivity contribution >= 4 is 12.1 Å². The first kappa shape index (κ1) is 24.5. The second-order valence-electron chi connectivity index (χ2n) is 8.17. The Labute approximate surface area is 169 Å². The Bertz CT molecular complexity index is 519. The molecule has 1 amide bonds. The van der Waals surface area contributed by atoms with Crippen molar-refractivity contribution in [1.29, 1.82) is 0 Å². The first-order valence-electron chi connectivity index (χ1n) is 9.73. The number of carbonyl (C=O) groups excluding carboxylic acids is 1. The Hall–Kier alpha value is -1.58. The summed E-state index contributed by atoms with van der Waals surface area (Å²) in [6.07, 6.45) is -0.534. The highest BCUT2D eigenvalue weighted by atomic mass is 16.6. The van der Waals surface area contributed by atoms with Gasteiger partial charge in [-0.1, -0.05) is 0 Å². The minimum absolute atomic E-state index is 0.148. The van der Waals surface area contributed by atoms with Crippen molar-refractivity contribution in [2.75, 3.05) is 47.1 Å². The molecular formula is C19H38N4O5. The summed E-state index contributed by atoms with van der Waals surface area (Å²) in [6, 6.07) is -0.193. The number of aliphatic imine (C=N–C) groups is 1. The molecule has 0 aromatic heterocycles. The quantitative estimate of drug-likeness (QED) is 0.362. The zero-order chi connectivity index (χ0) is 21.4. The van der Waals surface area contributed by atoms with E-state index in [4.69, 9.17) is 18.9 Å². The molecule has 2 atom stereocenters. The number of hydrogen-bond acceptors (Lipinski definition) is 6. The van der Waals surface area contributed by atoms with Gasteiger partial charge in [-0.2, -0.15) is 0 Å². The van der Waals surface area contributed by atoms with Gasteiger partial charge in [-0.05, 0) is 41.5 Å². The van der Waals surface area contributed by atoms with Crippen LogP contribution < -0.4 is 10.6 Å². The molecule has 9 nitrogen and oxygen atoms in total. The normalized spacial score (nSPS) is 22.3. The molecule has 1 rings (SSSR count). The van der Waals surface area contributed by atoms with Crippen LogP contribution in [0.15, 0.2) is 4.99 Å². The van der Waals surface area contributed by atoms with Crippen LogP contribution >= 0.6 is 0 Å². The molecule has 0 spiro atoms. The summed E-state index contributed by atoms with van der Waals surface area (Å²) in [5.74, 6) is 0.636. The first-order valence-corrected chi connectivity index (χ1v) is 9.73. The van der Waals surface area contributed by atoms with Gasteiger partial charge in [-0.25, -0.2) is 4.79 Å². The van der Waals surface area contributed by atoms with Crippen LogP contribution in [0.2, 0.25) is 0 Å². The van der Waals surface area contributed by atoms with Crippen LogP contribution in [0.1, 0.15) is 41.5 Å². The number of amides is 1. The summed E-state index contributed by atoms with van der Waals surface area (Å²) < 4.78 is 22.0. The Morgan fingerprint density at radius 2 is 1.89 bits per heavy atom. The monoisotopic (exact) mass is 402 g/mol. The van der Waals surface area contributed by atoms with Crippen LogP contribution in [-0.2, 0) is 18.9 Å². The fourth-order valence-corrected chi connectivity index (χ4v) is 3.03. The maximum Gasteiger partial charge on any atom is 0.412 e. The molecule has 28 heavy (non-hydrogen) atoms. The number of ether oxygens (including phenoxy) is 4. The number of hydrogen-bond donors (Lipinski definition) is 2. The molecule has 9 heteroatoms. The summed E-state index contributed by atoms with van der Waals surface area (Å²) in [6.45, 7) is 14.0. The van der Waals surface area contributed by atoms with E-state index in [0.29, 0.717) is 38.9 Å². The maximum absolute atomic E-state index is 12.8. The number of carbonyl (C=O) groups is 1. The minimum Gasteiger partial charge on any atom is -0.444 e. The van der Waals surface area contributed by atoms with E-state index in [0.717, 1.165) is 0 Å². The molecule has 164 valence electrons. The van der Waals surface area contributed by atoms with Crippen molar-refractivity contribution in [3.8, 4) is 0 Å². The standard InChI is InChI=1S/C19H38N4O5/c1-14-15(13-22-16(20-7)21-9-10-26-12-11-25-8)23(19(5,6)27-14)17(24)28-18(2,3)4/h14-15H,9-13H2,1-8H3,(H2,20,21,22). The Morgan fingerprint density at radius 3 is 2.46 bits per heavy atom. The lowest BCUT2D eigenvalue weighted by Gasteiger charge is -2.35. The van der Waals surface area contributed by atoms with Crippen LogP contribution in [0, 0.1) is 0 Å². The third-order valence-electron chi connectivity index (χ3n) is 4.19. The van der Waals surface area contributed by atoms with E-state index in [-0.39, 0.29) is 18.2 Å². The molecule has 1 heterocycles. The molecule has 0 radical (unpaired) electrons. The zero-order valence-electron chi connectivity index (χ0n) is 18.6. The smallest absolute Gasteiger partial charge is 0.412 e. The Morgan fingerprint density at radius 1 is 1.21 bits per heavy atom. The molecule has 2 unspecified atom stereocenters. The molecule has 0 bridgehead atoms. The van der Waals surface area contributed by atoms with E-state index in [1.54, 1.807) is 19.1 Å². The Balaban J connectivity index is 2.62. The minimum atomic E-state index is -0.750. The number of methoxy groups -OCH3 is 1. The second kappa shape index (κ2) is 10.8. The summed E-state index contributed by atoms with van der Waals surface area (Å²) >= 11 is 0. The average Bonchev–Trinajstić information content (AvgIpc) is 2.80. The van der Waals surface area contributed by atoms with Crippen LogP contribution in [-0.4, -0.2) is 87.5 Å². The molecule has 0 aromatic carbocycles. The topological polar surface area (TPSA) is 93.7 Å². The second-order valence-corrected chi connectivity index (χ2v) is 8.17. The third kappa shape index (κ3) is 7.81. The van der Waals surface area contributed by atoms with E-state index in [1.807, 2.05) is 41.5 Å². The van der Waals surface area contributed by atoms with Gasteiger partial charge >= 0.3 is 6.09 Å². The van der Waals surface area contributed by atoms with Crippen molar-refractivity contribution in [3.05, 3.63) is 0 Å². The van der Waals surface area contributed by atoms with E-state index in [2.05, 4.69) is 15.6 Å². The van der Waals surface area contributed by atoms with Crippen LogP contribution in [0.25, 0.3) is 0 Å². The van der Waals surface area contributed by atoms with Crippen molar-refractivity contribution in [3.63, 3.8) is 0 Å². The van der Waals surface area contributed by atoms with Crippen LogP contribution in [0.3, 0.4) is 0 Å². The maximum atomic E-state index is 12.8. The number of nitrogens with zero attached hydrogens (tertiary/aromatic N) is 2. The van der Waals surface area contributed by atoms with Crippen LogP contribution in [0.4, 0.5) is 4.79 Å². The Kier molecular flexibility index (Phi) is 9.46. The highest BCUT2D eigenvalue weighted by molar-refractivity contribution is 5.79. The summed E-state index contributed by atoms with van der Waals surface area (Å²) in [5, 5.41) is 6.44. The van der Waals surface area contributed by atoms with Gasteiger partial charge in [0, 0.05) is 27.2 Å². The van der Waals surface area contributed by atoms with E-state index in [1.165, 1.54) is 0 Å². The van der Waals surface area contributed by atoms with Gasteiger partial charge in [0.1, 0.15) is 11.3 Å². The first-order chi connectivity index (χ1) is 13.0. The van der Waals surface area contributed by atoms with Crippen molar-refractivity contribution in [1.82, 2.24) is 15.5 Å². The fraction of sp³-hybridized carbons (Fsp3) is 0.895. The largest absolute Gasteiger partial charge is 0.444 e. The van der Waals surface area contributed by atoms with Crippen molar-refractivity contribution < 1.29 is 23.7 Å². The molecular weight excluding hydrogens is 364 g/mol. The third-order valence-corrected chi connectivity index (χ3v) is 4.19. The predicted molar refractivity (Wildman–Crippen MR) is 109 cm³/mol. The van der Waals surface area contributed by atoms with E-state index in [9.17, 15) is 4.79 Å². The molecule has 1 saturated heterocycles. The van der Waals surface area contributed by atoms with Gasteiger partial charge in [-0.3, -0.25) is 9.89 Å². The van der Waals surface area contributed by atoms with Crippen molar-refractivity contribution in [2.45, 2.75) is 65.0 Å². The highest BCUT2D eigenvalue weighted by Gasteiger charge is 2.49. The van der Waals surface area contributed by atoms with Gasteiger partial charge in [0.15, 0.2) is 5.96 Å². The van der Waals surface area contributed by atoms with E-state index < -0.39 is 11.3 Å².